The molecule has 2 atom stereocenters. The maximum atomic E-state index is 11.2. The van der Waals surface area contributed by atoms with Crippen molar-refractivity contribution in [3.8, 4) is 5.75 Å². The number of carboxylic acid groups (broad SMARTS) is 1. The summed E-state index contributed by atoms with van der Waals surface area (Å²) in [5.41, 5.74) is 2.63. The Hall–Kier alpha value is -2.61. The normalized spacial score (nSPS) is 20.5. The van der Waals surface area contributed by atoms with Crippen molar-refractivity contribution in [1.82, 2.24) is 4.98 Å². The first kappa shape index (κ1) is 17.8. The van der Waals surface area contributed by atoms with Gasteiger partial charge in [-0.3, -0.25) is 4.79 Å². The molecule has 1 aromatic heterocycles. The zero-order chi connectivity index (χ0) is 19.0. The van der Waals surface area contributed by atoms with Crippen LogP contribution in [0.4, 0.5) is 17.2 Å². The van der Waals surface area contributed by atoms with Gasteiger partial charge >= 0.3 is 5.97 Å². The molecule has 0 aliphatic carbocycles. The molecule has 3 heterocycles. The third-order valence-electron chi connectivity index (χ3n) is 5.35. The van der Waals surface area contributed by atoms with E-state index in [9.17, 15) is 9.90 Å². The molecule has 4 rings (SSSR count). The van der Waals surface area contributed by atoms with Crippen LogP contribution in [0, 0.1) is 5.92 Å². The Morgan fingerprint density at radius 3 is 3.11 bits per heavy atom. The van der Waals surface area contributed by atoms with E-state index in [0.29, 0.717) is 18.8 Å². The van der Waals surface area contributed by atoms with E-state index in [2.05, 4.69) is 20.5 Å². The second kappa shape index (κ2) is 7.19. The lowest BCUT2D eigenvalue weighted by Crippen LogP contribution is -2.37. The third-order valence-corrected chi connectivity index (χ3v) is 5.35. The van der Waals surface area contributed by atoms with Gasteiger partial charge in [0, 0.05) is 38.0 Å². The maximum absolute atomic E-state index is 11.2. The van der Waals surface area contributed by atoms with Crippen LogP contribution >= 0.6 is 0 Å². The predicted octanol–water partition coefficient (Wildman–Crippen LogP) is 2.07. The van der Waals surface area contributed by atoms with Gasteiger partial charge in [0.05, 0.1) is 16.6 Å². The Labute approximate surface area is 157 Å². The first-order valence-electron chi connectivity index (χ1n) is 9.48. The molecule has 2 aliphatic heterocycles. The molecule has 0 radical (unpaired) electrons. The Morgan fingerprint density at radius 2 is 2.33 bits per heavy atom. The van der Waals surface area contributed by atoms with E-state index in [4.69, 9.17) is 9.84 Å². The van der Waals surface area contributed by atoms with Gasteiger partial charge in [0.15, 0.2) is 0 Å². The van der Waals surface area contributed by atoms with E-state index >= 15 is 0 Å². The summed E-state index contributed by atoms with van der Waals surface area (Å²) in [6.45, 7) is 4.81. The van der Waals surface area contributed by atoms with Crippen molar-refractivity contribution in [3.05, 3.63) is 12.1 Å². The number of ether oxygens (including phenoxy) is 1. The first-order chi connectivity index (χ1) is 13.1. The zero-order valence-corrected chi connectivity index (χ0v) is 15.4. The topological polar surface area (TPSA) is 110 Å². The average molecular weight is 374 g/mol. The molecule has 8 nitrogen and oxygen atoms in total. The fourth-order valence-electron chi connectivity index (χ4n) is 3.95. The van der Waals surface area contributed by atoms with Crippen LogP contribution in [0.25, 0.3) is 10.9 Å². The number of nitrogens with zero attached hydrogens (tertiary/aromatic N) is 1. The number of benzene rings is 1. The smallest absolute Gasteiger partial charge is 0.325 e. The van der Waals surface area contributed by atoms with E-state index in [0.717, 1.165) is 54.1 Å². The van der Waals surface area contributed by atoms with E-state index in [1.807, 2.05) is 12.1 Å². The first-order valence-corrected chi connectivity index (χ1v) is 9.48. The van der Waals surface area contributed by atoms with Gasteiger partial charge in [-0.05, 0) is 31.7 Å². The molecule has 2 aromatic rings. The minimum Gasteiger partial charge on any atom is -0.491 e. The molecule has 0 bridgehead atoms. The van der Waals surface area contributed by atoms with Gasteiger partial charge in [-0.15, -0.1) is 0 Å². The standard InChI is InChI=1S/C19H26N4O4/c1-11(19(25)26)21-13-7-14-16-15(8-13)27-6-4-20-17(16)18(22-14)23-5-2-3-12(9-23)10-24/h7-8,11-12,20-22,24H,2-6,9-10H2,1H3,(H,25,26)/t11-,12+/m0/s1. The summed E-state index contributed by atoms with van der Waals surface area (Å²) in [6, 6.07) is 3.09. The molecule has 1 fully saturated rings. The number of aliphatic hydroxyl groups is 1. The quantitative estimate of drug-likeness (QED) is 0.545. The summed E-state index contributed by atoms with van der Waals surface area (Å²) in [5.74, 6) is 1.14. The summed E-state index contributed by atoms with van der Waals surface area (Å²) in [6.07, 6.45) is 2.10. The number of hydrogen-bond donors (Lipinski definition) is 5. The van der Waals surface area contributed by atoms with Crippen molar-refractivity contribution in [3.63, 3.8) is 0 Å². The van der Waals surface area contributed by atoms with Gasteiger partial charge in [-0.25, -0.2) is 0 Å². The Balaban J connectivity index is 1.75. The average Bonchev–Trinajstić information content (AvgIpc) is 2.89. The molecule has 0 unspecified atom stereocenters. The van der Waals surface area contributed by atoms with Gasteiger partial charge in [0.1, 0.15) is 24.2 Å². The van der Waals surface area contributed by atoms with Crippen molar-refractivity contribution in [2.75, 3.05) is 48.4 Å². The van der Waals surface area contributed by atoms with Gasteiger partial charge in [0.25, 0.3) is 0 Å². The number of rotatable bonds is 5. The van der Waals surface area contributed by atoms with Crippen LogP contribution in [-0.4, -0.2) is 60.1 Å². The van der Waals surface area contributed by atoms with Gasteiger partial charge in [-0.1, -0.05) is 0 Å². The summed E-state index contributed by atoms with van der Waals surface area (Å²) in [4.78, 5) is 17.0. The van der Waals surface area contributed by atoms with Crippen molar-refractivity contribution in [1.29, 1.82) is 0 Å². The molecular formula is C19H26N4O4. The van der Waals surface area contributed by atoms with E-state index < -0.39 is 12.0 Å². The third kappa shape index (κ3) is 3.37. The largest absolute Gasteiger partial charge is 0.491 e. The molecule has 146 valence electrons. The number of aliphatic hydroxyl groups excluding tert-OH is 1. The number of nitrogens with one attached hydrogen (secondary N) is 3. The fourth-order valence-corrected chi connectivity index (χ4v) is 3.95. The van der Waals surface area contributed by atoms with E-state index in [1.54, 1.807) is 6.92 Å². The number of aromatic amines is 1. The monoisotopic (exact) mass is 374 g/mol. The zero-order valence-electron chi connectivity index (χ0n) is 15.4. The van der Waals surface area contributed by atoms with Crippen molar-refractivity contribution >= 4 is 34.1 Å². The van der Waals surface area contributed by atoms with Crippen molar-refractivity contribution in [2.24, 2.45) is 5.92 Å². The number of piperidine rings is 1. The van der Waals surface area contributed by atoms with Crippen LogP contribution < -0.4 is 20.3 Å². The summed E-state index contributed by atoms with van der Waals surface area (Å²) < 4.78 is 5.92. The molecule has 0 amide bonds. The lowest BCUT2D eigenvalue weighted by molar-refractivity contribution is -0.137. The van der Waals surface area contributed by atoms with Crippen LogP contribution in [0.3, 0.4) is 0 Å². The highest BCUT2D eigenvalue weighted by Crippen LogP contribution is 2.43. The van der Waals surface area contributed by atoms with Crippen LogP contribution in [0.1, 0.15) is 19.8 Å². The molecular weight excluding hydrogens is 348 g/mol. The Bertz CT molecular complexity index is 850. The van der Waals surface area contributed by atoms with Crippen molar-refractivity contribution < 1.29 is 19.7 Å². The fraction of sp³-hybridized carbons (Fsp3) is 0.526. The van der Waals surface area contributed by atoms with E-state index in [-0.39, 0.29) is 12.5 Å². The second-order valence-electron chi connectivity index (χ2n) is 7.36. The number of aromatic nitrogens is 1. The molecule has 0 saturated carbocycles. The highest BCUT2D eigenvalue weighted by Gasteiger charge is 2.27. The molecule has 1 aromatic carbocycles. The molecule has 5 N–H and O–H groups in total. The second-order valence-corrected chi connectivity index (χ2v) is 7.36. The highest BCUT2D eigenvalue weighted by atomic mass is 16.5. The lowest BCUT2D eigenvalue weighted by Gasteiger charge is -2.33. The number of anilines is 3. The summed E-state index contributed by atoms with van der Waals surface area (Å²) in [5, 5.41) is 26.2. The number of H-pyrrole nitrogens is 1. The Morgan fingerprint density at radius 1 is 1.48 bits per heavy atom. The maximum Gasteiger partial charge on any atom is 0.325 e. The van der Waals surface area contributed by atoms with Crippen LogP contribution in [0.5, 0.6) is 5.75 Å². The number of hydrogen-bond acceptors (Lipinski definition) is 6. The van der Waals surface area contributed by atoms with Gasteiger partial charge in [-0.2, -0.15) is 0 Å². The van der Waals surface area contributed by atoms with Crippen LogP contribution in [0.15, 0.2) is 12.1 Å². The summed E-state index contributed by atoms with van der Waals surface area (Å²) in [7, 11) is 0. The van der Waals surface area contributed by atoms with Gasteiger partial charge < -0.3 is 35.5 Å². The minimum absolute atomic E-state index is 0.203. The molecule has 1 saturated heterocycles. The highest BCUT2D eigenvalue weighted by molar-refractivity contribution is 6.05. The molecule has 0 spiro atoms. The number of carboxylic acids is 1. The molecule has 2 aliphatic rings. The van der Waals surface area contributed by atoms with Gasteiger partial charge in [0.2, 0.25) is 0 Å². The Kier molecular flexibility index (Phi) is 4.73. The van der Waals surface area contributed by atoms with Crippen LogP contribution in [-0.2, 0) is 4.79 Å². The summed E-state index contributed by atoms with van der Waals surface area (Å²) >= 11 is 0. The van der Waals surface area contributed by atoms with Crippen molar-refractivity contribution in [2.45, 2.75) is 25.8 Å². The predicted molar refractivity (Wildman–Crippen MR) is 105 cm³/mol. The number of carbonyl (C=O) groups is 1. The SMILES string of the molecule is C[C@H](Nc1cc2c3c(c(N4CCC[C@@H](CO)C4)[nH]c3c1)NCCO2)C(=O)O. The minimum atomic E-state index is -0.903. The molecule has 27 heavy (non-hydrogen) atoms. The van der Waals surface area contributed by atoms with Crippen LogP contribution in [0.2, 0.25) is 0 Å². The van der Waals surface area contributed by atoms with E-state index in [1.165, 1.54) is 0 Å². The molecule has 8 heteroatoms. The number of aliphatic carboxylic acids is 1. The lowest BCUT2D eigenvalue weighted by atomic mass is 9.99.